The molecule has 0 saturated heterocycles. The molecule has 0 radical (unpaired) electrons. The maximum Gasteiger partial charge on any atom is 0.123 e. The smallest absolute Gasteiger partial charge is 0.123 e. The summed E-state index contributed by atoms with van der Waals surface area (Å²) in [7, 11) is 1.73. The van der Waals surface area contributed by atoms with E-state index in [1.165, 1.54) is 31.4 Å². The zero-order valence-corrected chi connectivity index (χ0v) is 17.6. The van der Waals surface area contributed by atoms with Crippen LogP contribution in [0, 0.1) is 17.4 Å². The van der Waals surface area contributed by atoms with Crippen LogP contribution < -0.4 is 4.74 Å². The van der Waals surface area contributed by atoms with Gasteiger partial charge in [0.1, 0.15) is 5.75 Å². The maximum absolute atomic E-state index is 5.53. The van der Waals surface area contributed by atoms with E-state index in [4.69, 9.17) is 4.74 Å². The predicted molar refractivity (Wildman–Crippen MR) is 116 cm³/mol. The van der Waals surface area contributed by atoms with Crippen LogP contribution in [0.25, 0.3) is 4.91 Å². The van der Waals surface area contributed by atoms with Gasteiger partial charge in [-0.25, -0.2) is 0 Å². The van der Waals surface area contributed by atoms with Gasteiger partial charge in [0, 0.05) is 8.48 Å². The fraction of sp³-hybridized carbons (Fsp3) is 0.238. The molecule has 2 aromatic rings. The lowest BCUT2D eigenvalue weighted by Crippen LogP contribution is -1.96. The van der Waals surface area contributed by atoms with Gasteiger partial charge in [0.15, 0.2) is 0 Å². The Hall–Kier alpha value is -1.20. The summed E-state index contributed by atoms with van der Waals surface area (Å²) in [6.07, 6.45) is 0.884. The standard InChI is InChI=1S/C21H23IOS/c1-14-6-8-18(9-7-14)17(4)24-13-15(2)10-19-11-16(3)20(22)12-21(19)23-5/h6-9,11-13H,4,10H2,1-3,5H3/b15-13+. The Morgan fingerprint density at radius 2 is 1.88 bits per heavy atom. The van der Waals surface area contributed by atoms with Gasteiger partial charge >= 0.3 is 0 Å². The zero-order valence-electron chi connectivity index (χ0n) is 14.7. The molecule has 3 heteroatoms. The molecule has 126 valence electrons. The molecule has 0 spiro atoms. The molecule has 2 rings (SSSR count). The molecular formula is C21H23IOS. The number of ether oxygens (including phenoxy) is 1. The first-order valence-electron chi connectivity index (χ1n) is 7.82. The highest BCUT2D eigenvalue weighted by atomic mass is 127. The second kappa shape index (κ2) is 8.77. The summed E-state index contributed by atoms with van der Waals surface area (Å²) in [6, 6.07) is 12.8. The first-order chi connectivity index (χ1) is 11.4. The highest BCUT2D eigenvalue weighted by molar-refractivity contribution is 14.1. The summed E-state index contributed by atoms with van der Waals surface area (Å²) in [5.41, 5.74) is 6.26. The summed E-state index contributed by atoms with van der Waals surface area (Å²) >= 11 is 4.03. The van der Waals surface area contributed by atoms with Crippen molar-refractivity contribution < 1.29 is 4.74 Å². The van der Waals surface area contributed by atoms with Crippen LogP contribution in [0.1, 0.15) is 29.2 Å². The number of aryl methyl sites for hydroxylation is 2. The first-order valence-corrected chi connectivity index (χ1v) is 9.77. The van der Waals surface area contributed by atoms with Crippen molar-refractivity contribution in [3.05, 3.63) is 79.8 Å². The fourth-order valence-electron chi connectivity index (χ4n) is 2.37. The summed E-state index contributed by atoms with van der Waals surface area (Å²) in [5, 5.41) is 2.19. The lowest BCUT2D eigenvalue weighted by atomic mass is 10.0. The van der Waals surface area contributed by atoms with Crippen molar-refractivity contribution in [3.8, 4) is 5.75 Å². The summed E-state index contributed by atoms with van der Waals surface area (Å²) in [4.78, 5) is 1.07. The van der Waals surface area contributed by atoms with E-state index in [9.17, 15) is 0 Å². The lowest BCUT2D eigenvalue weighted by molar-refractivity contribution is 0.410. The second-order valence-electron chi connectivity index (χ2n) is 5.96. The van der Waals surface area contributed by atoms with Gasteiger partial charge < -0.3 is 4.74 Å². The van der Waals surface area contributed by atoms with Crippen molar-refractivity contribution in [2.45, 2.75) is 27.2 Å². The number of benzene rings is 2. The molecule has 1 nitrogen and oxygen atoms in total. The van der Waals surface area contributed by atoms with Crippen molar-refractivity contribution in [2.24, 2.45) is 0 Å². The molecule has 0 amide bonds. The van der Waals surface area contributed by atoms with E-state index >= 15 is 0 Å². The number of rotatable bonds is 6. The van der Waals surface area contributed by atoms with E-state index in [-0.39, 0.29) is 0 Å². The Balaban J connectivity index is 2.08. The van der Waals surface area contributed by atoms with Gasteiger partial charge in [0.05, 0.1) is 7.11 Å². The summed E-state index contributed by atoms with van der Waals surface area (Å²) < 4.78 is 6.77. The molecule has 0 aromatic heterocycles. The quantitative estimate of drug-likeness (QED) is 0.450. The van der Waals surface area contributed by atoms with Gasteiger partial charge in [-0.15, -0.1) is 0 Å². The van der Waals surface area contributed by atoms with E-state index < -0.39 is 0 Å². The molecule has 24 heavy (non-hydrogen) atoms. The third-order valence-electron chi connectivity index (χ3n) is 3.81. The Morgan fingerprint density at radius 1 is 1.21 bits per heavy atom. The molecule has 0 unspecified atom stereocenters. The number of hydrogen-bond donors (Lipinski definition) is 0. The molecule has 0 bridgehead atoms. The van der Waals surface area contributed by atoms with Crippen molar-refractivity contribution >= 4 is 39.3 Å². The largest absolute Gasteiger partial charge is 0.496 e. The Bertz CT molecular complexity index is 760. The Labute approximate surface area is 163 Å². The second-order valence-corrected chi connectivity index (χ2v) is 8.09. The van der Waals surface area contributed by atoms with Crippen LogP contribution in [0.3, 0.4) is 0 Å². The van der Waals surface area contributed by atoms with Crippen molar-refractivity contribution in [1.29, 1.82) is 0 Å². The van der Waals surface area contributed by atoms with Crippen LogP contribution in [0.5, 0.6) is 5.75 Å². The molecule has 0 heterocycles. The van der Waals surface area contributed by atoms with Gasteiger partial charge in [0.25, 0.3) is 0 Å². The van der Waals surface area contributed by atoms with Gasteiger partial charge in [-0.1, -0.05) is 59.8 Å². The predicted octanol–water partition coefficient (Wildman–Crippen LogP) is 6.77. The summed E-state index contributed by atoms with van der Waals surface area (Å²) in [6.45, 7) is 10.6. The van der Waals surface area contributed by atoms with Crippen molar-refractivity contribution in [2.75, 3.05) is 7.11 Å². The van der Waals surface area contributed by atoms with E-state index in [1.807, 2.05) is 0 Å². The average molecular weight is 450 g/mol. The minimum absolute atomic E-state index is 0.884. The number of hydrogen-bond acceptors (Lipinski definition) is 2. The minimum atomic E-state index is 0.884. The molecule has 0 aliphatic rings. The van der Waals surface area contributed by atoms with Crippen LogP contribution in [0.15, 0.2) is 54.0 Å². The molecule has 0 atom stereocenters. The van der Waals surface area contributed by atoms with Crippen LogP contribution >= 0.6 is 34.4 Å². The third kappa shape index (κ3) is 5.15. The van der Waals surface area contributed by atoms with E-state index in [0.717, 1.165) is 17.1 Å². The highest BCUT2D eigenvalue weighted by Crippen LogP contribution is 2.30. The molecule has 0 aliphatic carbocycles. The first kappa shape index (κ1) is 19.1. The van der Waals surface area contributed by atoms with Gasteiger partial charge in [-0.2, -0.15) is 0 Å². The van der Waals surface area contributed by atoms with Gasteiger partial charge in [-0.05, 0) is 77.9 Å². The number of halogens is 1. The van der Waals surface area contributed by atoms with Gasteiger partial charge in [-0.3, -0.25) is 0 Å². The van der Waals surface area contributed by atoms with Gasteiger partial charge in [0.2, 0.25) is 0 Å². The van der Waals surface area contributed by atoms with E-state index in [2.05, 4.69) is 91.7 Å². The Morgan fingerprint density at radius 3 is 2.50 bits per heavy atom. The SMILES string of the molecule is C=C(S/C=C(\C)Cc1cc(C)c(I)cc1OC)c1ccc(C)cc1. The van der Waals surface area contributed by atoms with Crippen molar-refractivity contribution in [3.63, 3.8) is 0 Å². The minimum Gasteiger partial charge on any atom is -0.496 e. The van der Waals surface area contributed by atoms with Crippen LogP contribution in [-0.4, -0.2) is 7.11 Å². The van der Waals surface area contributed by atoms with Crippen molar-refractivity contribution in [1.82, 2.24) is 0 Å². The molecule has 0 N–H and O–H groups in total. The molecule has 2 aromatic carbocycles. The fourth-order valence-corrected chi connectivity index (χ4v) is 3.51. The molecule has 0 saturated carbocycles. The summed E-state index contributed by atoms with van der Waals surface area (Å²) in [5.74, 6) is 0.958. The number of allylic oxidation sites excluding steroid dienone is 1. The van der Waals surface area contributed by atoms with Crippen LogP contribution in [-0.2, 0) is 6.42 Å². The van der Waals surface area contributed by atoms with Crippen LogP contribution in [0.2, 0.25) is 0 Å². The zero-order chi connectivity index (χ0) is 17.7. The topological polar surface area (TPSA) is 9.23 Å². The number of thioether (sulfide) groups is 1. The molecule has 0 fully saturated rings. The molecular weight excluding hydrogens is 427 g/mol. The third-order valence-corrected chi connectivity index (χ3v) is 6.01. The maximum atomic E-state index is 5.53. The highest BCUT2D eigenvalue weighted by Gasteiger charge is 2.07. The Kier molecular flexibility index (Phi) is 6.99. The molecule has 0 aliphatic heterocycles. The lowest BCUT2D eigenvalue weighted by Gasteiger charge is -2.12. The number of methoxy groups -OCH3 is 1. The monoisotopic (exact) mass is 450 g/mol. The average Bonchev–Trinajstić information content (AvgIpc) is 2.56. The van der Waals surface area contributed by atoms with E-state index in [1.54, 1.807) is 18.9 Å². The van der Waals surface area contributed by atoms with Crippen LogP contribution in [0.4, 0.5) is 0 Å². The normalized spacial score (nSPS) is 11.5. The van der Waals surface area contributed by atoms with E-state index in [0.29, 0.717) is 0 Å².